The Kier molecular flexibility index (Phi) is 3.56. The van der Waals surface area contributed by atoms with Gasteiger partial charge in [0.2, 0.25) is 10.1 Å². The number of benzene rings is 1. The summed E-state index contributed by atoms with van der Waals surface area (Å²) in [5, 5.41) is 5.73. The Labute approximate surface area is 133 Å². The predicted molar refractivity (Wildman–Crippen MR) is 89.5 cm³/mol. The van der Waals surface area contributed by atoms with Crippen LogP contribution in [0.5, 0.6) is 0 Å². The third-order valence-electron chi connectivity index (χ3n) is 4.04. The van der Waals surface area contributed by atoms with Gasteiger partial charge in [-0.05, 0) is 12.5 Å². The molecule has 0 N–H and O–H groups in total. The number of imidazole rings is 1. The van der Waals surface area contributed by atoms with Crippen molar-refractivity contribution in [2.24, 2.45) is 0 Å². The van der Waals surface area contributed by atoms with E-state index >= 15 is 0 Å². The second-order valence-corrected chi connectivity index (χ2v) is 6.68. The average Bonchev–Trinajstić information content (AvgIpc) is 3.06. The molecule has 2 aromatic heterocycles. The molecule has 0 saturated carbocycles. The van der Waals surface area contributed by atoms with E-state index < -0.39 is 0 Å². The van der Waals surface area contributed by atoms with Crippen molar-refractivity contribution in [2.75, 3.05) is 31.1 Å². The van der Waals surface area contributed by atoms with E-state index in [1.54, 1.807) is 11.3 Å². The Morgan fingerprint density at radius 2 is 1.86 bits per heavy atom. The summed E-state index contributed by atoms with van der Waals surface area (Å²) in [5.74, 6) is 0. The van der Waals surface area contributed by atoms with E-state index in [0.717, 1.165) is 48.5 Å². The Morgan fingerprint density at radius 3 is 2.59 bits per heavy atom. The van der Waals surface area contributed by atoms with E-state index in [-0.39, 0.29) is 0 Å². The number of rotatable bonds is 3. The van der Waals surface area contributed by atoms with Gasteiger partial charge in [-0.25, -0.2) is 9.50 Å². The minimum atomic E-state index is 0.985. The lowest BCUT2D eigenvalue weighted by molar-refractivity contribution is 0.249. The molecule has 3 aromatic rings. The fourth-order valence-electron chi connectivity index (χ4n) is 2.87. The molecular weight excluding hydrogens is 294 g/mol. The Morgan fingerprint density at radius 1 is 1.09 bits per heavy atom. The summed E-state index contributed by atoms with van der Waals surface area (Å²) in [6.07, 6.45) is 1.99. The summed E-state index contributed by atoms with van der Waals surface area (Å²) >= 11 is 1.68. The van der Waals surface area contributed by atoms with Gasteiger partial charge in [0.15, 0.2) is 0 Å². The number of aromatic nitrogens is 3. The molecule has 0 aliphatic carbocycles. The Hall–Kier alpha value is -1.92. The highest BCUT2D eigenvalue weighted by Crippen LogP contribution is 2.24. The van der Waals surface area contributed by atoms with Crippen molar-refractivity contribution in [2.45, 2.75) is 13.5 Å². The molecule has 0 bridgehead atoms. The lowest BCUT2D eigenvalue weighted by atomic mass is 10.2. The van der Waals surface area contributed by atoms with Gasteiger partial charge < -0.3 is 4.90 Å². The zero-order valence-corrected chi connectivity index (χ0v) is 13.5. The molecule has 6 heteroatoms. The number of hydrogen-bond acceptors (Lipinski definition) is 5. The highest BCUT2D eigenvalue weighted by Gasteiger charge is 2.20. The number of anilines is 1. The number of fused-ring (bicyclic) bond motifs is 1. The third kappa shape index (κ3) is 2.71. The minimum absolute atomic E-state index is 0.985. The van der Waals surface area contributed by atoms with Crippen LogP contribution < -0.4 is 4.90 Å². The molecule has 114 valence electrons. The van der Waals surface area contributed by atoms with E-state index in [1.165, 1.54) is 5.56 Å². The van der Waals surface area contributed by atoms with Crippen LogP contribution in [-0.4, -0.2) is 45.7 Å². The molecule has 1 saturated heterocycles. The first-order chi connectivity index (χ1) is 10.8. The monoisotopic (exact) mass is 313 g/mol. The van der Waals surface area contributed by atoms with Crippen molar-refractivity contribution in [3.8, 4) is 0 Å². The molecule has 1 fully saturated rings. The topological polar surface area (TPSA) is 36.7 Å². The molecular formula is C16H19N5S. The van der Waals surface area contributed by atoms with Crippen LogP contribution in [0.25, 0.3) is 4.96 Å². The standard InChI is InChI=1S/C16H19N5S/c1-13-11-21-15(17-13)22-16(18-21)20-9-7-19(8-10-20)12-14-5-3-2-4-6-14/h2-6,11H,7-10,12H2,1H3. The normalized spacial score (nSPS) is 16.5. The number of aryl methyl sites for hydroxylation is 1. The highest BCUT2D eigenvalue weighted by atomic mass is 32.1. The van der Waals surface area contributed by atoms with Crippen LogP contribution in [0, 0.1) is 6.92 Å². The van der Waals surface area contributed by atoms with Gasteiger partial charge in [-0.15, -0.1) is 5.10 Å². The molecule has 4 rings (SSSR count). The number of piperazine rings is 1. The van der Waals surface area contributed by atoms with Crippen LogP contribution in [0.2, 0.25) is 0 Å². The first kappa shape index (κ1) is 13.7. The van der Waals surface area contributed by atoms with Crippen LogP contribution in [0.3, 0.4) is 0 Å². The van der Waals surface area contributed by atoms with Crippen molar-refractivity contribution in [3.63, 3.8) is 0 Å². The van der Waals surface area contributed by atoms with E-state index in [0.29, 0.717) is 0 Å². The van der Waals surface area contributed by atoms with Gasteiger partial charge in [-0.1, -0.05) is 41.7 Å². The Balaban J connectivity index is 1.39. The maximum Gasteiger partial charge on any atom is 0.214 e. The molecule has 1 aliphatic heterocycles. The molecule has 0 amide bonds. The molecule has 5 nitrogen and oxygen atoms in total. The van der Waals surface area contributed by atoms with Crippen LogP contribution >= 0.6 is 11.3 Å². The lowest BCUT2D eigenvalue weighted by Gasteiger charge is -2.34. The predicted octanol–water partition coefficient (Wildman–Crippen LogP) is 2.42. The first-order valence-electron chi connectivity index (χ1n) is 7.62. The largest absolute Gasteiger partial charge is 0.344 e. The van der Waals surface area contributed by atoms with Gasteiger partial charge in [-0.3, -0.25) is 4.90 Å². The Bertz CT molecular complexity index is 724. The molecule has 0 atom stereocenters. The molecule has 0 radical (unpaired) electrons. The van der Waals surface area contributed by atoms with Crippen molar-refractivity contribution in [1.82, 2.24) is 19.5 Å². The zero-order chi connectivity index (χ0) is 14.9. The molecule has 1 aromatic carbocycles. The van der Waals surface area contributed by atoms with Gasteiger partial charge in [0.25, 0.3) is 0 Å². The second-order valence-electron chi connectivity index (χ2n) is 5.74. The lowest BCUT2D eigenvalue weighted by Crippen LogP contribution is -2.46. The molecule has 0 unspecified atom stereocenters. The smallest absolute Gasteiger partial charge is 0.214 e. The summed E-state index contributed by atoms with van der Waals surface area (Å²) < 4.78 is 1.89. The summed E-state index contributed by atoms with van der Waals surface area (Å²) in [4.78, 5) is 10.3. The first-order valence-corrected chi connectivity index (χ1v) is 8.44. The molecule has 1 aliphatic rings. The summed E-state index contributed by atoms with van der Waals surface area (Å²) in [6, 6.07) is 10.7. The molecule has 3 heterocycles. The minimum Gasteiger partial charge on any atom is -0.344 e. The summed E-state index contributed by atoms with van der Waals surface area (Å²) in [6.45, 7) is 7.26. The van der Waals surface area contributed by atoms with Gasteiger partial charge in [0.05, 0.1) is 11.9 Å². The fourth-order valence-corrected chi connectivity index (χ4v) is 3.85. The fraction of sp³-hybridized carbons (Fsp3) is 0.375. The van der Waals surface area contributed by atoms with E-state index in [9.17, 15) is 0 Å². The average molecular weight is 313 g/mol. The highest BCUT2D eigenvalue weighted by molar-refractivity contribution is 7.20. The van der Waals surface area contributed by atoms with Crippen molar-refractivity contribution in [3.05, 3.63) is 47.8 Å². The third-order valence-corrected chi connectivity index (χ3v) is 5.03. The van der Waals surface area contributed by atoms with Gasteiger partial charge >= 0.3 is 0 Å². The number of hydrogen-bond donors (Lipinski definition) is 0. The van der Waals surface area contributed by atoms with Crippen molar-refractivity contribution < 1.29 is 0 Å². The molecule has 22 heavy (non-hydrogen) atoms. The second kappa shape index (κ2) is 5.70. The van der Waals surface area contributed by atoms with E-state index in [4.69, 9.17) is 0 Å². The maximum atomic E-state index is 4.65. The van der Waals surface area contributed by atoms with Crippen LogP contribution in [0.15, 0.2) is 36.5 Å². The SMILES string of the molecule is Cc1cn2nc(N3CCN(Cc4ccccc4)CC3)sc2n1. The van der Waals surface area contributed by atoms with E-state index in [2.05, 4.69) is 50.2 Å². The van der Waals surface area contributed by atoms with Gasteiger partial charge in [0.1, 0.15) is 0 Å². The maximum absolute atomic E-state index is 4.65. The van der Waals surface area contributed by atoms with Gasteiger partial charge in [-0.2, -0.15) is 0 Å². The van der Waals surface area contributed by atoms with Crippen molar-refractivity contribution in [1.29, 1.82) is 0 Å². The van der Waals surface area contributed by atoms with E-state index in [1.807, 2.05) is 17.6 Å². The van der Waals surface area contributed by atoms with Crippen LogP contribution in [-0.2, 0) is 6.54 Å². The van der Waals surface area contributed by atoms with Crippen molar-refractivity contribution >= 4 is 21.4 Å². The van der Waals surface area contributed by atoms with Crippen LogP contribution in [0.1, 0.15) is 11.3 Å². The number of nitrogens with zero attached hydrogens (tertiary/aromatic N) is 5. The molecule has 0 spiro atoms. The quantitative estimate of drug-likeness (QED) is 0.744. The summed E-state index contributed by atoms with van der Waals surface area (Å²) in [5.41, 5.74) is 2.41. The summed E-state index contributed by atoms with van der Waals surface area (Å²) in [7, 11) is 0. The van der Waals surface area contributed by atoms with Gasteiger partial charge in [0, 0.05) is 32.7 Å². The zero-order valence-electron chi connectivity index (χ0n) is 12.6. The van der Waals surface area contributed by atoms with Crippen LogP contribution in [0.4, 0.5) is 5.13 Å².